The SMILES string of the molecule is CCOc1cc(C(C)(C)C)ccc1C1=N[C@@H](c2ccc(Cl)cc2)[C@@H](c2ccc(Cl)cc2)N1C. The minimum Gasteiger partial charge on any atom is -0.493 e. The van der Waals surface area contributed by atoms with E-state index in [1.165, 1.54) is 5.56 Å². The number of nitrogens with zero attached hydrogens (tertiary/aromatic N) is 2. The Hall–Kier alpha value is -2.49. The third-order valence-electron chi connectivity index (χ3n) is 6.12. The summed E-state index contributed by atoms with van der Waals surface area (Å²) in [5.74, 6) is 1.78. The van der Waals surface area contributed by atoms with Gasteiger partial charge in [-0.1, -0.05) is 74.3 Å². The molecule has 1 heterocycles. The predicted molar refractivity (Wildman–Crippen MR) is 139 cm³/mol. The second kappa shape index (κ2) is 9.40. The van der Waals surface area contributed by atoms with Gasteiger partial charge < -0.3 is 9.64 Å². The maximum absolute atomic E-state index is 6.18. The molecular weight excluding hydrogens is 451 g/mol. The standard InChI is InChI=1S/C28H30Cl2N2O/c1-6-33-24-17-20(28(2,3)4)11-16-23(24)27-31-25(18-7-12-21(29)13-8-18)26(32(27)5)19-9-14-22(30)15-10-19/h7-17,25-26H,6H2,1-5H3/t25-,26+/m0/s1. The molecule has 1 aliphatic rings. The van der Waals surface area contributed by atoms with Gasteiger partial charge in [-0.2, -0.15) is 0 Å². The van der Waals surface area contributed by atoms with Crippen LogP contribution >= 0.6 is 23.2 Å². The molecule has 0 N–H and O–H groups in total. The molecule has 0 unspecified atom stereocenters. The average molecular weight is 481 g/mol. The highest BCUT2D eigenvalue weighted by Crippen LogP contribution is 2.44. The molecule has 33 heavy (non-hydrogen) atoms. The number of rotatable bonds is 5. The summed E-state index contributed by atoms with van der Waals surface area (Å²) in [5.41, 5.74) is 4.54. The molecular formula is C28H30Cl2N2O. The van der Waals surface area contributed by atoms with E-state index in [1.807, 2.05) is 31.2 Å². The fourth-order valence-corrected chi connectivity index (χ4v) is 4.58. The third-order valence-corrected chi connectivity index (χ3v) is 6.63. The molecule has 3 nitrogen and oxygen atoms in total. The molecule has 0 amide bonds. The smallest absolute Gasteiger partial charge is 0.135 e. The van der Waals surface area contributed by atoms with Crippen LogP contribution in [0.1, 0.15) is 62.0 Å². The highest BCUT2D eigenvalue weighted by atomic mass is 35.5. The molecule has 0 fully saturated rings. The Morgan fingerprint density at radius 2 is 1.45 bits per heavy atom. The Bertz CT molecular complexity index is 1150. The Labute approximate surface area is 207 Å². The van der Waals surface area contributed by atoms with Crippen LogP contribution < -0.4 is 4.74 Å². The van der Waals surface area contributed by atoms with Crippen LogP contribution in [0.5, 0.6) is 5.75 Å². The number of benzene rings is 3. The van der Waals surface area contributed by atoms with Crippen LogP contribution in [0, 0.1) is 0 Å². The summed E-state index contributed by atoms with van der Waals surface area (Å²) in [5, 5.41) is 1.44. The summed E-state index contributed by atoms with van der Waals surface area (Å²) in [4.78, 5) is 7.49. The van der Waals surface area contributed by atoms with Crippen LogP contribution in [0.3, 0.4) is 0 Å². The van der Waals surface area contributed by atoms with Crippen molar-refractivity contribution in [3.05, 3.63) is 99.0 Å². The van der Waals surface area contributed by atoms with Crippen molar-refractivity contribution < 1.29 is 4.74 Å². The number of amidine groups is 1. The van der Waals surface area contributed by atoms with Crippen LogP contribution in [0.15, 0.2) is 71.7 Å². The molecule has 1 aliphatic heterocycles. The first-order valence-electron chi connectivity index (χ1n) is 11.3. The molecule has 4 rings (SSSR count). The Kier molecular flexibility index (Phi) is 6.74. The molecule has 172 valence electrons. The van der Waals surface area contributed by atoms with Crippen LogP contribution in [0.25, 0.3) is 0 Å². The van der Waals surface area contributed by atoms with Crippen molar-refractivity contribution in [2.45, 2.75) is 45.2 Å². The van der Waals surface area contributed by atoms with E-state index >= 15 is 0 Å². The molecule has 0 bridgehead atoms. The van der Waals surface area contributed by atoms with E-state index in [4.69, 9.17) is 32.9 Å². The van der Waals surface area contributed by atoms with Gasteiger partial charge >= 0.3 is 0 Å². The Balaban J connectivity index is 1.83. The van der Waals surface area contributed by atoms with Gasteiger partial charge in [-0.3, -0.25) is 4.99 Å². The van der Waals surface area contributed by atoms with E-state index in [2.05, 4.69) is 75.2 Å². The maximum atomic E-state index is 6.18. The molecule has 0 aromatic heterocycles. The monoisotopic (exact) mass is 480 g/mol. The van der Waals surface area contributed by atoms with Gasteiger partial charge in [-0.05, 0) is 65.4 Å². The van der Waals surface area contributed by atoms with E-state index in [-0.39, 0.29) is 17.5 Å². The highest BCUT2D eigenvalue weighted by Gasteiger charge is 2.37. The van der Waals surface area contributed by atoms with Crippen LogP contribution in [-0.2, 0) is 5.41 Å². The van der Waals surface area contributed by atoms with Gasteiger partial charge in [-0.25, -0.2) is 0 Å². The highest BCUT2D eigenvalue weighted by molar-refractivity contribution is 6.30. The molecule has 0 spiro atoms. The lowest BCUT2D eigenvalue weighted by Crippen LogP contribution is -2.28. The summed E-state index contributed by atoms with van der Waals surface area (Å²) in [6.45, 7) is 9.25. The number of likely N-dealkylation sites (N-methyl/N-ethyl adjacent to an activating group) is 1. The van der Waals surface area contributed by atoms with E-state index in [1.54, 1.807) is 0 Å². The van der Waals surface area contributed by atoms with Crippen molar-refractivity contribution in [1.29, 1.82) is 0 Å². The summed E-state index contributed by atoms with van der Waals surface area (Å²) < 4.78 is 6.10. The molecule has 0 radical (unpaired) electrons. The van der Waals surface area contributed by atoms with E-state index in [9.17, 15) is 0 Å². The lowest BCUT2D eigenvalue weighted by Gasteiger charge is -2.28. The fourth-order valence-electron chi connectivity index (χ4n) is 4.33. The molecule has 3 aromatic rings. The van der Waals surface area contributed by atoms with Gasteiger partial charge in [0.15, 0.2) is 0 Å². The van der Waals surface area contributed by atoms with Crippen LogP contribution in [0.2, 0.25) is 10.0 Å². The lowest BCUT2D eigenvalue weighted by molar-refractivity contribution is 0.335. The number of ether oxygens (including phenoxy) is 1. The van der Waals surface area contributed by atoms with Gasteiger partial charge in [0.05, 0.1) is 18.2 Å². The zero-order valence-electron chi connectivity index (χ0n) is 19.8. The first-order valence-corrected chi connectivity index (χ1v) is 12.0. The number of hydrogen-bond donors (Lipinski definition) is 0. The average Bonchev–Trinajstić information content (AvgIpc) is 3.11. The minimum absolute atomic E-state index is 0.0233. The molecule has 2 atom stereocenters. The van der Waals surface area contributed by atoms with Crippen LogP contribution in [-0.4, -0.2) is 24.4 Å². The lowest BCUT2D eigenvalue weighted by atomic mass is 9.86. The minimum atomic E-state index is -0.0831. The van der Waals surface area contributed by atoms with Crippen molar-refractivity contribution in [2.24, 2.45) is 4.99 Å². The van der Waals surface area contributed by atoms with Gasteiger partial charge in [0.25, 0.3) is 0 Å². The molecule has 0 saturated heterocycles. The molecule has 3 aromatic carbocycles. The van der Waals surface area contributed by atoms with Gasteiger partial charge in [-0.15, -0.1) is 0 Å². The van der Waals surface area contributed by atoms with E-state index < -0.39 is 0 Å². The molecule has 0 saturated carbocycles. The number of aliphatic imine (C=N–C) groups is 1. The zero-order chi connectivity index (χ0) is 23.8. The summed E-state index contributed by atoms with van der Waals surface area (Å²) in [6.07, 6.45) is 0. The van der Waals surface area contributed by atoms with Crippen molar-refractivity contribution in [2.75, 3.05) is 13.7 Å². The van der Waals surface area contributed by atoms with Crippen LogP contribution in [0.4, 0.5) is 0 Å². The Morgan fingerprint density at radius 1 is 0.879 bits per heavy atom. The Morgan fingerprint density at radius 3 is 2.00 bits per heavy atom. The topological polar surface area (TPSA) is 24.8 Å². The number of halogens is 2. The summed E-state index contributed by atoms with van der Waals surface area (Å²) in [6, 6.07) is 22.4. The van der Waals surface area contributed by atoms with Crippen molar-refractivity contribution in [1.82, 2.24) is 4.90 Å². The number of hydrogen-bond acceptors (Lipinski definition) is 3. The molecule has 5 heteroatoms. The quantitative estimate of drug-likeness (QED) is 0.371. The van der Waals surface area contributed by atoms with E-state index in [0.29, 0.717) is 11.6 Å². The fraction of sp³-hybridized carbons (Fsp3) is 0.321. The normalized spacial score (nSPS) is 18.4. The first-order chi connectivity index (χ1) is 15.7. The maximum Gasteiger partial charge on any atom is 0.135 e. The van der Waals surface area contributed by atoms with Crippen molar-refractivity contribution >= 4 is 29.0 Å². The van der Waals surface area contributed by atoms with Gasteiger partial charge in [0.2, 0.25) is 0 Å². The van der Waals surface area contributed by atoms with Gasteiger partial charge in [0, 0.05) is 17.1 Å². The summed E-state index contributed by atoms with van der Waals surface area (Å²) >= 11 is 12.4. The third kappa shape index (κ3) is 4.90. The van der Waals surface area contributed by atoms with E-state index in [0.717, 1.165) is 33.3 Å². The zero-order valence-corrected chi connectivity index (χ0v) is 21.3. The molecule has 0 aliphatic carbocycles. The first kappa shape index (κ1) is 23.7. The second-order valence-electron chi connectivity index (χ2n) is 9.45. The van der Waals surface area contributed by atoms with Gasteiger partial charge in [0.1, 0.15) is 17.6 Å². The predicted octanol–water partition coefficient (Wildman–Crippen LogP) is 7.86. The van der Waals surface area contributed by atoms with Crippen molar-refractivity contribution in [3.63, 3.8) is 0 Å². The summed E-state index contributed by atoms with van der Waals surface area (Å²) in [7, 11) is 2.10. The largest absolute Gasteiger partial charge is 0.493 e. The second-order valence-corrected chi connectivity index (χ2v) is 10.3. The van der Waals surface area contributed by atoms with Crippen molar-refractivity contribution in [3.8, 4) is 5.75 Å².